The van der Waals surface area contributed by atoms with Crippen LogP contribution in [-0.4, -0.2) is 29.9 Å². The Balaban J connectivity index is 1.51. The number of hydrogen-bond acceptors (Lipinski definition) is 6. The third-order valence-corrected chi connectivity index (χ3v) is 7.52. The molecule has 9 heteroatoms. The quantitative estimate of drug-likeness (QED) is 0.245. The van der Waals surface area contributed by atoms with Gasteiger partial charge in [0, 0.05) is 5.69 Å². The fourth-order valence-corrected chi connectivity index (χ4v) is 5.68. The summed E-state index contributed by atoms with van der Waals surface area (Å²) in [4.78, 5) is 27.8. The molecule has 0 spiro atoms. The van der Waals surface area contributed by atoms with Gasteiger partial charge in [0.2, 0.25) is 0 Å². The Hall–Kier alpha value is -3.33. The number of aryl methyl sites for hydroxylation is 4. The molecule has 0 radical (unpaired) electrons. The highest BCUT2D eigenvalue weighted by molar-refractivity contribution is 8.27. The van der Waals surface area contributed by atoms with Gasteiger partial charge in [-0.05, 0) is 74.7 Å². The van der Waals surface area contributed by atoms with E-state index in [-0.39, 0.29) is 29.2 Å². The fraction of sp³-hybridized carbons (Fsp3) is 0.207. The molecule has 0 saturated carbocycles. The molecule has 0 bridgehead atoms. The molecule has 2 amide bonds. The van der Waals surface area contributed by atoms with Crippen LogP contribution in [0.2, 0.25) is 5.02 Å². The van der Waals surface area contributed by atoms with Crippen molar-refractivity contribution in [3.8, 4) is 11.5 Å². The summed E-state index contributed by atoms with van der Waals surface area (Å²) in [6, 6.07) is 15.0. The topological polar surface area (TPSA) is 67.9 Å². The van der Waals surface area contributed by atoms with Crippen molar-refractivity contribution < 1.29 is 19.1 Å². The first-order valence-electron chi connectivity index (χ1n) is 11.8. The van der Waals surface area contributed by atoms with Crippen LogP contribution in [0.15, 0.2) is 53.4 Å². The molecule has 1 saturated heterocycles. The Morgan fingerprint density at radius 3 is 2.39 bits per heavy atom. The van der Waals surface area contributed by atoms with Crippen molar-refractivity contribution in [1.29, 1.82) is 0 Å². The summed E-state index contributed by atoms with van der Waals surface area (Å²) >= 11 is 13.3. The Labute approximate surface area is 237 Å². The second kappa shape index (κ2) is 11.6. The maximum absolute atomic E-state index is 13.3. The fourth-order valence-electron chi connectivity index (χ4n) is 4.12. The van der Waals surface area contributed by atoms with Gasteiger partial charge in [-0.2, -0.15) is 0 Å². The highest BCUT2D eigenvalue weighted by atomic mass is 35.5. The number of benzene rings is 3. The number of nitrogens with one attached hydrogen (secondary N) is 1. The molecule has 6 nitrogen and oxygen atoms in total. The number of nitrogens with zero attached hydrogens (tertiary/aromatic N) is 1. The number of thiocarbonyl (C=S) groups is 1. The average molecular weight is 567 g/mol. The molecule has 4 rings (SSSR count). The monoisotopic (exact) mass is 566 g/mol. The molecule has 1 N–H and O–H groups in total. The summed E-state index contributed by atoms with van der Waals surface area (Å²) in [5.41, 5.74) is 6.27. The molecular formula is C29H27ClN2O4S2. The lowest BCUT2D eigenvalue weighted by molar-refractivity contribution is -0.118. The Morgan fingerprint density at radius 1 is 1.05 bits per heavy atom. The Morgan fingerprint density at radius 2 is 1.74 bits per heavy atom. The van der Waals surface area contributed by atoms with Crippen LogP contribution >= 0.6 is 35.6 Å². The standard InChI is InChI=1S/C29H27ClN2O4S2/c1-16-6-8-22(18(3)10-16)31-26(33)15-36-27-21(30)12-20(13-24(27)35-5)14-25-28(34)32(29(37)38-25)23-9-7-17(2)11-19(23)4/h6-14H,15H2,1-5H3,(H,31,33)/b25-14-. The molecule has 1 heterocycles. The lowest BCUT2D eigenvalue weighted by atomic mass is 10.1. The van der Waals surface area contributed by atoms with Crippen molar-refractivity contribution in [3.05, 3.63) is 86.3 Å². The number of ether oxygens (including phenoxy) is 2. The minimum absolute atomic E-state index is 0.203. The van der Waals surface area contributed by atoms with Crippen LogP contribution in [0.3, 0.4) is 0 Å². The van der Waals surface area contributed by atoms with E-state index in [1.165, 1.54) is 18.9 Å². The van der Waals surface area contributed by atoms with Gasteiger partial charge < -0.3 is 14.8 Å². The number of anilines is 2. The molecule has 38 heavy (non-hydrogen) atoms. The van der Waals surface area contributed by atoms with Gasteiger partial charge in [0.05, 0.1) is 22.7 Å². The van der Waals surface area contributed by atoms with Crippen molar-refractivity contribution in [2.75, 3.05) is 23.9 Å². The van der Waals surface area contributed by atoms with Crippen LogP contribution in [0.5, 0.6) is 11.5 Å². The van der Waals surface area contributed by atoms with Crippen LogP contribution in [0.25, 0.3) is 6.08 Å². The van der Waals surface area contributed by atoms with E-state index in [1.807, 2.05) is 64.1 Å². The van der Waals surface area contributed by atoms with E-state index in [4.69, 9.17) is 33.3 Å². The predicted molar refractivity (Wildman–Crippen MR) is 160 cm³/mol. The van der Waals surface area contributed by atoms with Crippen molar-refractivity contribution in [2.45, 2.75) is 27.7 Å². The number of methoxy groups -OCH3 is 1. The van der Waals surface area contributed by atoms with Crippen LogP contribution in [0.4, 0.5) is 11.4 Å². The van der Waals surface area contributed by atoms with Gasteiger partial charge in [0.25, 0.3) is 11.8 Å². The molecular weight excluding hydrogens is 540 g/mol. The minimum Gasteiger partial charge on any atom is -0.493 e. The summed E-state index contributed by atoms with van der Waals surface area (Å²) in [6.45, 7) is 7.63. The maximum Gasteiger partial charge on any atom is 0.270 e. The molecule has 0 unspecified atom stereocenters. The van der Waals surface area contributed by atoms with Crippen molar-refractivity contribution in [2.24, 2.45) is 0 Å². The van der Waals surface area contributed by atoms with Gasteiger partial charge in [0.15, 0.2) is 22.4 Å². The van der Waals surface area contributed by atoms with E-state index in [0.29, 0.717) is 20.5 Å². The van der Waals surface area contributed by atoms with Gasteiger partial charge >= 0.3 is 0 Å². The molecule has 196 valence electrons. The molecule has 1 aliphatic heterocycles. The normalized spacial score (nSPS) is 14.3. The second-order valence-corrected chi connectivity index (χ2v) is 11.1. The summed E-state index contributed by atoms with van der Waals surface area (Å²) in [6.07, 6.45) is 1.72. The van der Waals surface area contributed by atoms with Crippen LogP contribution in [0.1, 0.15) is 27.8 Å². The van der Waals surface area contributed by atoms with Gasteiger partial charge in [-0.15, -0.1) is 0 Å². The number of rotatable bonds is 7. The lowest BCUT2D eigenvalue weighted by Crippen LogP contribution is -2.28. The highest BCUT2D eigenvalue weighted by Crippen LogP contribution is 2.40. The summed E-state index contributed by atoms with van der Waals surface area (Å²) < 4.78 is 11.7. The Bertz CT molecular complexity index is 1490. The first-order valence-corrected chi connectivity index (χ1v) is 13.4. The minimum atomic E-state index is -0.325. The van der Waals surface area contributed by atoms with Crippen molar-refractivity contribution in [3.63, 3.8) is 0 Å². The zero-order chi connectivity index (χ0) is 27.6. The third kappa shape index (κ3) is 6.04. The highest BCUT2D eigenvalue weighted by Gasteiger charge is 2.34. The number of amides is 2. The van der Waals surface area contributed by atoms with Crippen LogP contribution < -0.4 is 19.7 Å². The van der Waals surface area contributed by atoms with Crippen molar-refractivity contribution >= 4 is 69.2 Å². The zero-order valence-corrected chi connectivity index (χ0v) is 24.1. The molecule has 0 aromatic heterocycles. The number of carbonyl (C=O) groups excluding carboxylic acids is 2. The molecule has 0 atom stereocenters. The van der Waals surface area contributed by atoms with Gasteiger partial charge in [-0.3, -0.25) is 14.5 Å². The van der Waals surface area contributed by atoms with E-state index in [2.05, 4.69) is 5.32 Å². The number of carbonyl (C=O) groups is 2. The lowest BCUT2D eigenvalue weighted by Gasteiger charge is -2.17. The first kappa shape index (κ1) is 27.7. The number of hydrogen-bond donors (Lipinski definition) is 1. The molecule has 3 aromatic carbocycles. The first-order chi connectivity index (χ1) is 18.1. The summed E-state index contributed by atoms with van der Waals surface area (Å²) in [5.74, 6) is 0.0532. The zero-order valence-electron chi connectivity index (χ0n) is 21.7. The number of thioether (sulfide) groups is 1. The molecule has 1 aliphatic rings. The largest absolute Gasteiger partial charge is 0.493 e. The molecule has 3 aromatic rings. The maximum atomic E-state index is 13.3. The van der Waals surface area contributed by atoms with E-state index in [9.17, 15) is 9.59 Å². The summed E-state index contributed by atoms with van der Waals surface area (Å²) in [7, 11) is 1.48. The second-order valence-electron chi connectivity index (χ2n) is 9.00. The molecule has 1 fully saturated rings. The van der Waals surface area contributed by atoms with Gasteiger partial charge in [-0.1, -0.05) is 71.0 Å². The smallest absolute Gasteiger partial charge is 0.270 e. The number of halogens is 1. The van der Waals surface area contributed by atoms with E-state index >= 15 is 0 Å². The predicted octanol–water partition coefficient (Wildman–Crippen LogP) is 7.01. The van der Waals surface area contributed by atoms with E-state index in [1.54, 1.807) is 23.1 Å². The van der Waals surface area contributed by atoms with Crippen LogP contribution in [0, 0.1) is 27.7 Å². The van der Waals surface area contributed by atoms with E-state index in [0.717, 1.165) is 33.6 Å². The van der Waals surface area contributed by atoms with Gasteiger partial charge in [-0.25, -0.2) is 0 Å². The van der Waals surface area contributed by atoms with Crippen molar-refractivity contribution in [1.82, 2.24) is 0 Å². The average Bonchev–Trinajstić information content (AvgIpc) is 3.12. The van der Waals surface area contributed by atoms with Crippen LogP contribution in [-0.2, 0) is 9.59 Å². The van der Waals surface area contributed by atoms with Gasteiger partial charge in [0.1, 0.15) is 0 Å². The molecule has 0 aliphatic carbocycles. The third-order valence-electron chi connectivity index (χ3n) is 5.94. The Kier molecular flexibility index (Phi) is 8.45. The van der Waals surface area contributed by atoms with E-state index < -0.39 is 0 Å². The SMILES string of the molecule is COc1cc(/C=C2\SC(=S)N(c3ccc(C)cc3C)C2=O)cc(Cl)c1OCC(=O)Nc1ccc(C)cc1C. The summed E-state index contributed by atoms with van der Waals surface area (Å²) in [5, 5.41) is 3.09.